The van der Waals surface area contributed by atoms with Gasteiger partial charge in [0.2, 0.25) is 11.9 Å². The number of methoxy groups -OCH3 is 1. The number of hydrogen-bond donors (Lipinski definition) is 1. The molecule has 0 aliphatic heterocycles. The summed E-state index contributed by atoms with van der Waals surface area (Å²) in [7, 11) is 5.30. The molecule has 0 spiro atoms. The molecule has 202 valence electrons. The van der Waals surface area contributed by atoms with Gasteiger partial charge in [0.25, 0.3) is 5.91 Å². The van der Waals surface area contributed by atoms with Crippen molar-refractivity contribution in [2.45, 2.75) is 0 Å². The third kappa shape index (κ3) is 7.01. The topological polar surface area (TPSA) is 79.7 Å². The number of carbonyl (C=O) groups excluding carboxylic acids is 2. The highest BCUT2D eigenvalue weighted by atomic mass is 35.5. The summed E-state index contributed by atoms with van der Waals surface area (Å²) in [5.74, 6) is -0.723. The summed E-state index contributed by atoms with van der Waals surface area (Å²) < 4.78 is 21.4. The molecule has 0 saturated heterocycles. The van der Waals surface area contributed by atoms with E-state index in [1.165, 1.54) is 23.1 Å². The van der Waals surface area contributed by atoms with Crippen LogP contribution in [0.25, 0.3) is 16.9 Å². The van der Waals surface area contributed by atoms with Crippen LogP contribution in [0.15, 0.2) is 79.0 Å². The SMILES string of the molecule is COc1ccc(-n2cc(-c3ccc(Cl)cc3)nc2NC(=O)CN(CCN(C)C)C(=O)c2ccccc2F)cc1. The van der Waals surface area contributed by atoms with Crippen LogP contribution in [-0.4, -0.2) is 72.0 Å². The van der Waals surface area contributed by atoms with Crippen molar-refractivity contribution in [2.75, 3.05) is 46.2 Å². The zero-order chi connectivity index (χ0) is 27.9. The zero-order valence-electron chi connectivity index (χ0n) is 21.9. The summed E-state index contributed by atoms with van der Waals surface area (Å²) >= 11 is 6.05. The van der Waals surface area contributed by atoms with Crippen molar-refractivity contribution < 1.29 is 18.7 Å². The molecule has 2 amide bonds. The molecule has 1 heterocycles. The first-order valence-electron chi connectivity index (χ1n) is 12.2. The van der Waals surface area contributed by atoms with Gasteiger partial charge in [-0.15, -0.1) is 0 Å². The second-order valence-electron chi connectivity index (χ2n) is 9.08. The number of anilines is 1. The van der Waals surface area contributed by atoms with Gasteiger partial charge in [-0.3, -0.25) is 19.5 Å². The quantitative estimate of drug-likeness (QED) is 0.302. The van der Waals surface area contributed by atoms with Crippen molar-refractivity contribution in [1.29, 1.82) is 0 Å². The lowest BCUT2D eigenvalue weighted by molar-refractivity contribution is -0.117. The molecule has 4 aromatic rings. The Morgan fingerprint density at radius 2 is 1.69 bits per heavy atom. The van der Waals surface area contributed by atoms with Gasteiger partial charge >= 0.3 is 0 Å². The number of ether oxygens (including phenoxy) is 1. The standard InChI is InChI=1S/C29H29ClFN5O3/c1-34(2)16-17-35(28(38)24-6-4-5-7-25(24)31)19-27(37)33-29-32-26(20-8-10-21(30)11-9-20)18-36(29)22-12-14-23(39-3)15-13-22/h4-15,18H,16-17,19H2,1-3H3,(H,32,33,37). The number of nitrogens with one attached hydrogen (secondary N) is 1. The van der Waals surface area contributed by atoms with Crippen molar-refractivity contribution in [3.8, 4) is 22.7 Å². The molecule has 0 aliphatic rings. The minimum Gasteiger partial charge on any atom is -0.497 e. The summed E-state index contributed by atoms with van der Waals surface area (Å²) in [4.78, 5) is 34.3. The highest BCUT2D eigenvalue weighted by molar-refractivity contribution is 6.30. The molecule has 0 unspecified atom stereocenters. The molecule has 4 rings (SSSR count). The Kier molecular flexibility index (Phi) is 8.96. The van der Waals surface area contributed by atoms with E-state index in [9.17, 15) is 14.0 Å². The van der Waals surface area contributed by atoms with Crippen LogP contribution in [0.2, 0.25) is 5.02 Å². The first-order valence-corrected chi connectivity index (χ1v) is 12.6. The van der Waals surface area contributed by atoms with Crippen molar-refractivity contribution in [3.05, 3.63) is 95.4 Å². The van der Waals surface area contributed by atoms with Crippen molar-refractivity contribution in [1.82, 2.24) is 19.4 Å². The fraction of sp³-hybridized carbons (Fsp3) is 0.207. The van der Waals surface area contributed by atoms with E-state index in [-0.39, 0.29) is 24.6 Å². The number of aromatic nitrogens is 2. The second kappa shape index (κ2) is 12.6. The number of nitrogens with zero attached hydrogens (tertiary/aromatic N) is 4. The maximum atomic E-state index is 14.4. The van der Waals surface area contributed by atoms with Gasteiger partial charge in [-0.1, -0.05) is 35.9 Å². The molecule has 0 fully saturated rings. The number of halogens is 2. The van der Waals surface area contributed by atoms with E-state index in [1.54, 1.807) is 48.2 Å². The van der Waals surface area contributed by atoms with Crippen molar-refractivity contribution in [3.63, 3.8) is 0 Å². The van der Waals surface area contributed by atoms with Crippen LogP contribution >= 0.6 is 11.6 Å². The largest absolute Gasteiger partial charge is 0.497 e. The highest BCUT2D eigenvalue weighted by Crippen LogP contribution is 2.26. The minimum absolute atomic E-state index is 0.0891. The van der Waals surface area contributed by atoms with Crippen molar-refractivity contribution in [2.24, 2.45) is 0 Å². The molecule has 0 atom stereocenters. The normalized spacial score (nSPS) is 10.9. The molecule has 39 heavy (non-hydrogen) atoms. The van der Waals surface area contributed by atoms with Gasteiger partial charge in [0.05, 0.1) is 18.4 Å². The maximum Gasteiger partial charge on any atom is 0.257 e. The Hall–Kier alpha value is -4.21. The third-order valence-electron chi connectivity index (χ3n) is 5.99. The average Bonchev–Trinajstić information content (AvgIpc) is 3.34. The Labute approximate surface area is 231 Å². The van der Waals surface area contributed by atoms with Crippen LogP contribution in [0.3, 0.4) is 0 Å². The van der Waals surface area contributed by atoms with Crippen molar-refractivity contribution >= 4 is 29.4 Å². The predicted molar refractivity (Wildman–Crippen MR) is 150 cm³/mol. The second-order valence-corrected chi connectivity index (χ2v) is 9.52. The summed E-state index contributed by atoms with van der Waals surface area (Å²) in [5, 5.41) is 3.43. The van der Waals surface area contributed by atoms with Gasteiger partial charge in [-0.2, -0.15) is 0 Å². The van der Waals surface area contributed by atoms with Crippen LogP contribution in [0.5, 0.6) is 5.75 Å². The van der Waals surface area contributed by atoms with Crippen LogP contribution in [0.1, 0.15) is 10.4 Å². The summed E-state index contributed by atoms with van der Waals surface area (Å²) in [6, 6.07) is 20.2. The minimum atomic E-state index is -0.639. The van der Waals surface area contributed by atoms with E-state index in [1.807, 2.05) is 43.3 Å². The van der Waals surface area contributed by atoms with E-state index in [0.717, 1.165) is 11.3 Å². The molecule has 3 aromatic carbocycles. The average molecular weight is 550 g/mol. The van der Waals surface area contributed by atoms with Crippen LogP contribution in [-0.2, 0) is 4.79 Å². The van der Waals surface area contributed by atoms with E-state index >= 15 is 0 Å². The predicted octanol–water partition coefficient (Wildman–Crippen LogP) is 4.98. The van der Waals surface area contributed by atoms with E-state index in [0.29, 0.717) is 23.0 Å². The molecular formula is C29H29ClFN5O3. The molecule has 0 bridgehead atoms. The molecular weight excluding hydrogens is 521 g/mol. The first kappa shape index (κ1) is 27.8. The molecule has 0 radical (unpaired) electrons. The number of benzene rings is 3. The molecule has 1 aromatic heterocycles. The molecule has 10 heteroatoms. The van der Waals surface area contributed by atoms with E-state index < -0.39 is 17.6 Å². The zero-order valence-corrected chi connectivity index (χ0v) is 22.7. The number of rotatable bonds is 10. The summed E-state index contributed by atoms with van der Waals surface area (Å²) in [6.45, 7) is 0.442. The van der Waals surface area contributed by atoms with Gasteiger partial charge in [0.1, 0.15) is 18.1 Å². The van der Waals surface area contributed by atoms with E-state index in [4.69, 9.17) is 16.3 Å². The van der Waals surface area contributed by atoms with Crippen LogP contribution in [0.4, 0.5) is 10.3 Å². The first-order chi connectivity index (χ1) is 18.7. The number of imidazole rings is 1. The molecule has 8 nitrogen and oxygen atoms in total. The lowest BCUT2D eigenvalue weighted by atomic mass is 10.2. The molecule has 0 saturated carbocycles. The molecule has 1 N–H and O–H groups in total. The maximum absolute atomic E-state index is 14.4. The number of amides is 2. The van der Waals surface area contributed by atoms with E-state index in [2.05, 4.69) is 10.3 Å². The van der Waals surface area contributed by atoms with Gasteiger partial charge < -0.3 is 14.5 Å². The lowest BCUT2D eigenvalue weighted by Gasteiger charge is -2.24. The smallest absolute Gasteiger partial charge is 0.257 e. The summed E-state index contributed by atoms with van der Waals surface area (Å²) in [5.41, 5.74) is 2.08. The monoisotopic (exact) mass is 549 g/mol. The number of hydrogen-bond acceptors (Lipinski definition) is 5. The fourth-order valence-electron chi connectivity index (χ4n) is 3.88. The van der Waals surface area contributed by atoms with Crippen LogP contribution in [0, 0.1) is 5.82 Å². The lowest BCUT2D eigenvalue weighted by Crippen LogP contribution is -2.42. The third-order valence-corrected chi connectivity index (χ3v) is 6.24. The Morgan fingerprint density at radius 1 is 1.00 bits per heavy atom. The van der Waals surface area contributed by atoms with Gasteiger partial charge in [0.15, 0.2) is 0 Å². The number of likely N-dealkylation sites (N-methyl/N-ethyl adjacent to an activating group) is 1. The van der Waals surface area contributed by atoms with Crippen LogP contribution < -0.4 is 10.1 Å². The Balaban J connectivity index is 1.62. The van der Waals surface area contributed by atoms with Gasteiger partial charge in [-0.25, -0.2) is 9.37 Å². The fourth-order valence-corrected chi connectivity index (χ4v) is 4.01. The number of carbonyl (C=O) groups is 2. The Bertz CT molecular complexity index is 1440. The molecule has 0 aliphatic carbocycles. The highest BCUT2D eigenvalue weighted by Gasteiger charge is 2.23. The summed E-state index contributed by atoms with van der Waals surface area (Å²) in [6.07, 6.45) is 1.80. The van der Waals surface area contributed by atoms with Gasteiger partial charge in [0, 0.05) is 35.6 Å². The van der Waals surface area contributed by atoms with Gasteiger partial charge in [-0.05, 0) is 62.6 Å². The Morgan fingerprint density at radius 3 is 2.33 bits per heavy atom.